The lowest BCUT2D eigenvalue weighted by Gasteiger charge is -2.34. The van der Waals surface area contributed by atoms with Crippen molar-refractivity contribution in [3.8, 4) is 5.69 Å². The normalized spacial score (nSPS) is 13.6. The Morgan fingerprint density at radius 3 is 2.33 bits per heavy atom. The van der Waals surface area contributed by atoms with Crippen LogP contribution in [0, 0.1) is 0 Å². The first-order chi connectivity index (χ1) is 17.1. The summed E-state index contributed by atoms with van der Waals surface area (Å²) in [5.41, 5.74) is -3.29. The van der Waals surface area contributed by atoms with Crippen LogP contribution in [0.15, 0.2) is 85.2 Å². The van der Waals surface area contributed by atoms with Crippen molar-refractivity contribution >= 4 is 27.7 Å². The molecule has 1 N–H and O–H groups in total. The van der Waals surface area contributed by atoms with Crippen LogP contribution >= 0.6 is 0 Å². The summed E-state index contributed by atoms with van der Waals surface area (Å²) in [6.07, 6.45) is -2.64. The van der Waals surface area contributed by atoms with Crippen LogP contribution < -0.4 is 0 Å². The molecule has 182 valence electrons. The second-order valence-electron chi connectivity index (χ2n) is 8.64. The van der Waals surface area contributed by atoms with Crippen molar-refractivity contribution in [3.05, 3.63) is 102 Å². The average molecular weight is 490 g/mol. The summed E-state index contributed by atoms with van der Waals surface area (Å²) < 4.78 is 46.3. The first kappa shape index (κ1) is 23.5. The predicted octanol–water partition coefficient (Wildman–Crippen LogP) is 5.07. The molecular formula is C27H21F3N4O2. The third kappa shape index (κ3) is 3.59. The van der Waals surface area contributed by atoms with E-state index in [-0.39, 0.29) is 16.5 Å². The molecule has 5 aromatic rings. The van der Waals surface area contributed by atoms with Crippen molar-refractivity contribution in [2.24, 2.45) is 0 Å². The summed E-state index contributed by atoms with van der Waals surface area (Å²) in [5, 5.41) is 16.4. The van der Waals surface area contributed by atoms with Crippen LogP contribution in [-0.4, -0.2) is 50.9 Å². The molecule has 1 amide bonds. The van der Waals surface area contributed by atoms with Gasteiger partial charge in [0, 0.05) is 36.6 Å². The third-order valence-corrected chi connectivity index (χ3v) is 6.17. The van der Waals surface area contributed by atoms with E-state index in [0.717, 1.165) is 16.8 Å². The van der Waals surface area contributed by atoms with Crippen LogP contribution in [0.1, 0.15) is 21.5 Å². The van der Waals surface area contributed by atoms with Gasteiger partial charge in [0.05, 0.1) is 28.5 Å². The van der Waals surface area contributed by atoms with Gasteiger partial charge in [-0.1, -0.05) is 42.5 Å². The molecule has 6 nitrogen and oxygen atoms in total. The molecule has 0 aliphatic heterocycles. The number of alkyl halides is 3. The van der Waals surface area contributed by atoms with Crippen molar-refractivity contribution in [3.63, 3.8) is 0 Å². The zero-order valence-electron chi connectivity index (χ0n) is 19.4. The minimum absolute atomic E-state index is 0.0325. The first-order valence-electron chi connectivity index (χ1n) is 11.1. The van der Waals surface area contributed by atoms with Gasteiger partial charge < -0.3 is 10.0 Å². The molecule has 0 aliphatic rings. The molecule has 0 radical (unpaired) electrons. The Bertz CT molecular complexity index is 1600. The van der Waals surface area contributed by atoms with Gasteiger partial charge in [-0.2, -0.15) is 18.3 Å². The van der Waals surface area contributed by atoms with Gasteiger partial charge in [0.1, 0.15) is 0 Å². The Labute approximate surface area is 204 Å². The van der Waals surface area contributed by atoms with E-state index >= 15 is 0 Å². The Hall–Kier alpha value is -4.24. The Morgan fingerprint density at radius 1 is 0.944 bits per heavy atom. The molecule has 2 aromatic heterocycles. The second-order valence-corrected chi connectivity index (χ2v) is 8.64. The minimum atomic E-state index is -5.17. The van der Waals surface area contributed by atoms with Crippen molar-refractivity contribution in [1.82, 2.24) is 19.7 Å². The van der Waals surface area contributed by atoms with Crippen LogP contribution in [0.25, 0.3) is 27.5 Å². The Kier molecular flexibility index (Phi) is 5.52. The average Bonchev–Trinajstić information content (AvgIpc) is 3.30. The maximum absolute atomic E-state index is 14.9. The predicted molar refractivity (Wildman–Crippen MR) is 130 cm³/mol. The maximum atomic E-state index is 14.9. The monoisotopic (exact) mass is 490 g/mol. The molecule has 9 heteroatoms. The first-order valence-corrected chi connectivity index (χ1v) is 11.1. The summed E-state index contributed by atoms with van der Waals surface area (Å²) in [6, 6.07) is 19.3. The van der Waals surface area contributed by atoms with Crippen LogP contribution in [0.2, 0.25) is 0 Å². The number of hydrogen-bond donors (Lipinski definition) is 1. The van der Waals surface area contributed by atoms with E-state index in [4.69, 9.17) is 0 Å². The molecule has 0 aliphatic carbocycles. The van der Waals surface area contributed by atoms with Gasteiger partial charge >= 0.3 is 6.18 Å². The third-order valence-electron chi connectivity index (χ3n) is 6.17. The molecular weight excluding hydrogens is 469 g/mol. The lowest BCUT2D eigenvalue weighted by atomic mass is 9.80. The van der Waals surface area contributed by atoms with E-state index in [1.54, 1.807) is 16.8 Å². The Morgan fingerprint density at radius 2 is 1.64 bits per heavy atom. The molecule has 5 rings (SSSR count). The van der Waals surface area contributed by atoms with Gasteiger partial charge in [-0.15, -0.1) is 0 Å². The zero-order valence-corrected chi connectivity index (χ0v) is 19.4. The highest BCUT2D eigenvalue weighted by atomic mass is 19.4. The molecule has 0 fully saturated rings. The quantitative estimate of drug-likeness (QED) is 0.382. The van der Waals surface area contributed by atoms with Gasteiger partial charge in [0.25, 0.3) is 5.91 Å². The number of rotatable bonds is 4. The van der Waals surface area contributed by atoms with E-state index < -0.39 is 28.8 Å². The van der Waals surface area contributed by atoms with Crippen LogP contribution in [-0.2, 0) is 5.60 Å². The van der Waals surface area contributed by atoms with Crippen LogP contribution in [0.4, 0.5) is 13.2 Å². The summed E-state index contributed by atoms with van der Waals surface area (Å²) in [6.45, 7) is 0. The molecule has 1 atom stereocenters. The smallest absolute Gasteiger partial charge is 0.372 e. The highest BCUT2D eigenvalue weighted by Crippen LogP contribution is 2.48. The molecule has 0 saturated heterocycles. The Balaban J connectivity index is 1.80. The molecule has 1 unspecified atom stereocenters. The van der Waals surface area contributed by atoms with Gasteiger partial charge in [-0.25, -0.2) is 4.68 Å². The number of amides is 1. The summed E-state index contributed by atoms with van der Waals surface area (Å²) in [7, 11) is 2.86. The van der Waals surface area contributed by atoms with Crippen LogP contribution in [0.3, 0.4) is 0 Å². The standard InChI is InChI=1S/C27H21F3N4O2/c1-33(2)25(35)21-16-31-22-11-7-6-10-20(22)24(21)26(36,27(28,29)30)18-12-13-23-17(14-18)15-32-34(23)19-8-4-3-5-9-19/h3-16,36H,1-2H3. The lowest BCUT2D eigenvalue weighted by molar-refractivity contribution is -0.247. The minimum Gasteiger partial charge on any atom is -0.372 e. The van der Waals surface area contributed by atoms with Crippen molar-refractivity contribution in [2.75, 3.05) is 14.1 Å². The van der Waals surface area contributed by atoms with Crippen LogP contribution in [0.5, 0.6) is 0 Å². The molecule has 0 spiro atoms. The number of nitrogens with zero attached hydrogens (tertiary/aromatic N) is 4. The van der Waals surface area contributed by atoms with Crippen molar-refractivity contribution in [1.29, 1.82) is 0 Å². The maximum Gasteiger partial charge on any atom is 0.425 e. The number of carbonyl (C=O) groups is 1. The number of hydrogen-bond acceptors (Lipinski definition) is 4. The number of aromatic nitrogens is 3. The van der Waals surface area contributed by atoms with Gasteiger partial charge in [0.2, 0.25) is 5.60 Å². The fourth-order valence-corrected chi connectivity index (χ4v) is 4.42. The van der Waals surface area contributed by atoms with Crippen molar-refractivity contribution in [2.45, 2.75) is 11.8 Å². The molecule has 0 bridgehead atoms. The van der Waals surface area contributed by atoms with E-state index in [0.29, 0.717) is 10.9 Å². The number of halogens is 3. The largest absolute Gasteiger partial charge is 0.425 e. The molecule has 36 heavy (non-hydrogen) atoms. The molecule has 2 heterocycles. The van der Waals surface area contributed by atoms with Crippen molar-refractivity contribution < 1.29 is 23.1 Å². The zero-order chi connectivity index (χ0) is 25.7. The summed E-state index contributed by atoms with van der Waals surface area (Å²) in [5.74, 6) is -0.705. The number of para-hydroxylation sites is 2. The number of aliphatic hydroxyl groups is 1. The fraction of sp³-hybridized carbons (Fsp3) is 0.148. The summed E-state index contributed by atoms with van der Waals surface area (Å²) >= 11 is 0. The van der Waals surface area contributed by atoms with E-state index in [2.05, 4.69) is 10.1 Å². The fourth-order valence-electron chi connectivity index (χ4n) is 4.42. The molecule has 0 saturated carbocycles. The van der Waals surface area contributed by atoms with Gasteiger partial charge in [0.15, 0.2) is 0 Å². The number of pyridine rings is 1. The van der Waals surface area contributed by atoms with E-state index in [9.17, 15) is 23.1 Å². The lowest BCUT2D eigenvalue weighted by Crippen LogP contribution is -2.45. The molecule has 3 aromatic carbocycles. The van der Waals surface area contributed by atoms with Gasteiger partial charge in [-0.05, 0) is 35.9 Å². The second kappa shape index (κ2) is 8.46. The number of fused-ring (bicyclic) bond motifs is 2. The SMILES string of the molecule is CN(C)C(=O)c1cnc2ccccc2c1C(O)(c1ccc2c(cnn2-c2ccccc2)c1)C(F)(F)F. The number of carbonyl (C=O) groups excluding carboxylic acids is 1. The van der Waals surface area contributed by atoms with E-state index in [1.807, 2.05) is 30.3 Å². The van der Waals surface area contributed by atoms with E-state index in [1.165, 1.54) is 50.6 Å². The topological polar surface area (TPSA) is 71.2 Å². The highest BCUT2D eigenvalue weighted by Gasteiger charge is 2.58. The van der Waals surface area contributed by atoms with Gasteiger partial charge in [-0.3, -0.25) is 9.78 Å². The highest BCUT2D eigenvalue weighted by molar-refractivity contribution is 6.01. The number of benzene rings is 3. The summed E-state index contributed by atoms with van der Waals surface area (Å²) in [4.78, 5) is 18.3.